The molecule has 2 N–H and O–H groups in total. The van der Waals surface area contributed by atoms with Gasteiger partial charge in [-0.3, -0.25) is 15.1 Å². The Labute approximate surface area is 82.1 Å². The molecule has 14 heavy (non-hydrogen) atoms. The molecule has 0 aliphatic carbocycles. The number of hydrogen-bond acceptors (Lipinski definition) is 4. The molecule has 0 aliphatic rings. The van der Waals surface area contributed by atoms with Crippen molar-refractivity contribution in [1.82, 2.24) is 4.98 Å². The maximum absolute atomic E-state index is 10.6. The Kier molecular flexibility index (Phi) is 4.00. The van der Waals surface area contributed by atoms with Crippen LogP contribution in [0.3, 0.4) is 0 Å². The minimum atomic E-state index is -0.398. The van der Waals surface area contributed by atoms with Gasteiger partial charge in [-0.15, -0.1) is 0 Å². The van der Waals surface area contributed by atoms with Crippen molar-refractivity contribution in [3.8, 4) is 0 Å². The Hall–Kier alpha value is -1.49. The van der Waals surface area contributed by atoms with Crippen LogP contribution in [0, 0.1) is 10.1 Å². The normalized spacial score (nSPS) is 10.1. The van der Waals surface area contributed by atoms with Gasteiger partial charge < -0.3 is 5.73 Å². The molecule has 0 fully saturated rings. The van der Waals surface area contributed by atoms with Crippen LogP contribution < -0.4 is 5.73 Å². The summed E-state index contributed by atoms with van der Waals surface area (Å²) in [6.07, 6.45) is 3.90. The lowest BCUT2D eigenvalue weighted by molar-refractivity contribution is -0.385. The summed E-state index contributed by atoms with van der Waals surface area (Å²) >= 11 is 0. The number of aromatic nitrogens is 1. The number of pyridine rings is 1. The van der Waals surface area contributed by atoms with Crippen molar-refractivity contribution < 1.29 is 4.92 Å². The molecule has 0 atom stereocenters. The first-order chi connectivity index (χ1) is 6.75. The molecule has 5 nitrogen and oxygen atoms in total. The largest absolute Gasteiger partial charge is 0.330 e. The Morgan fingerprint density at radius 3 is 2.93 bits per heavy atom. The third-order valence-corrected chi connectivity index (χ3v) is 1.93. The van der Waals surface area contributed by atoms with E-state index in [1.807, 2.05) is 0 Å². The highest BCUT2D eigenvalue weighted by Gasteiger charge is 2.12. The van der Waals surface area contributed by atoms with Gasteiger partial charge in [0.25, 0.3) is 5.69 Å². The van der Waals surface area contributed by atoms with E-state index in [1.54, 1.807) is 12.3 Å². The highest BCUT2D eigenvalue weighted by atomic mass is 16.6. The predicted molar refractivity (Wildman–Crippen MR) is 52.9 cm³/mol. The van der Waals surface area contributed by atoms with E-state index in [2.05, 4.69) is 4.98 Å². The molecule has 76 valence electrons. The molecule has 0 spiro atoms. The maximum atomic E-state index is 10.6. The Morgan fingerprint density at radius 2 is 2.29 bits per heavy atom. The topological polar surface area (TPSA) is 82.0 Å². The van der Waals surface area contributed by atoms with E-state index in [-0.39, 0.29) is 5.69 Å². The summed E-state index contributed by atoms with van der Waals surface area (Å²) in [5, 5.41) is 10.6. The van der Waals surface area contributed by atoms with E-state index in [0.717, 1.165) is 12.8 Å². The molecule has 1 heterocycles. The predicted octanol–water partition coefficient (Wildman–Crippen LogP) is 1.27. The van der Waals surface area contributed by atoms with Crippen molar-refractivity contribution in [3.05, 3.63) is 34.1 Å². The van der Waals surface area contributed by atoms with Crippen LogP contribution in [0.2, 0.25) is 0 Å². The van der Waals surface area contributed by atoms with Crippen LogP contribution in [0.4, 0.5) is 5.69 Å². The smallest absolute Gasteiger partial charge is 0.290 e. The van der Waals surface area contributed by atoms with E-state index in [4.69, 9.17) is 5.73 Å². The summed E-state index contributed by atoms with van der Waals surface area (Å²) in [5.41, 5.74) is 5.98. The van der Waals surface area contributed by atoms with Crippen molar-refractivity contribution in [2.45, 2.75) is 19.3 Å². The quantitative estimate of drug-likeness (QED) is 0.435. The first kappa shape index (κ1) is 10.6. The van der Waals surface area contributed by atoms with Crippen molar-refractivity contribution in [2.24, 2.45) is 5.73 Å². The summed E-state index contributed by atoms with van der Waals surface area (Å²) in [7, 11) is 0. The molecule has 1 aromatic heterocycles. The van der Waals surface area contributed by atoms with Crippen LogP contribution >= 0.6 is 0 Å². The molecule has 1 rings (SSSR count). The number of nitrogens with two attached hydrogens (primary N) is 1. The fourth-order valence-electron chi connectivity index (χ4n) is 1.23. The monoisotopic (exact) mass is 195 g/mol. The minimum absolute atomic E-state index is 0.101. The standard InChI is InChI=1S/C9H13N3O2/c10-6-2-1-4-8-9(12(13)14)5-3-7-11-8/h3,5,7H,1-2,4,6,10H2. The molecule has 0 amide bonds. The first-order valence-electron chi connectivity index (χ1n) is 4.54. The van der Waals surface area contributed by atoms with Gasteiger partial charge in [-0.2, -0.15) is 0 Å². The molecule has 0 unspecified atom stereocenters. The molecular weight excluding hydrogens is 182 g/mol. The third kappa shape index (κ3) is 2.77. The van der Waals surface area contributed by atoms with Gasteiger partial charge in [0.2, 0.25) is 0 Å². The van der Waals surface area contributed by atoms with Gasteiger partial charge >= 0.3 is 0 Å². The van der Waals surface area contributed by atoms with Crippen LogP contribution in [-0.2, 0) is 6.42 Å². The lowest BCUT2D eigenvalue weighted by Gasteiger charge is -2.00. The van der Waals surface area contributed by atoms with Crippen molar-refractivity contribution in [1.29, 1.82) is 0 Å². The summed E-state index contributed by atoms with van der Waals surface area (Å²) in [6.45, 7) is 0.612. The minimum Gasteiger partial charge on any atom is -0.330 e. The van der Waals surface area contributed by atoms with Crippen LogP contribution in [-0.4, -0.2) is 16.5 Å². The lowest BCUT2D eigenvalue weighted by atomic mass is 10.1. The highest BCUT2D eigenvalue weighted by molar-refractivity contribution is 5.34. The molecule has 0 aromatic carbocycles. The average Bonchev–Trinajstić information content (AvgIpc) is 2.19. The van der Waals surface area contributed by atoms with Crippen molar-refractivity contribution in [3.63, 3.8) is 0 Å². The molecular formula is C9H13N3O2. The van der Waals surface area contributed by atoms with Gasteiger partial charge in [0.05, 0.1) is 4.92 Å². The molecule has 1 aromatic rings. The van der Waals surface area contributed by atoms with Crippen LogP contribution in [0.1, 0.15) is 18.5 Å². The zero-order valence-corrected chi connectivity index (χ0v) is 7.85. The Balaban J connectivity index is 2.69. The zero-order valence-electron chi connectivity index (χ0n) is 7.85. The average molecular weight is 195 g/mol. The number of rotatable bonds is 5. The maximum Gasteiger partial charge on any atom is 0.290 e. The number of unbranched alkanes of at least 4 members (excludes halogenated alkanes) is 1. The fraction of sp³-hybridized carbons (Fsp3) is 0.444. The van der Waals surface area contributed by atoms with Crippen LogP contribution in [0.25, 0.3) is 0 Å². The molecule has 5 heteroatoms. The van der Waals surface area contributed by atoms with Crippen molar-refractivity contribution >= 4 is 5.69 Å². The van der Waals surface area contributed by atoms with Gasteiger partial charge in [-0.05, 0) is 31.9 Å². The summed E-state index contributed by atoms with van der Waals surface area (Å²) in [4.78, 5) is 14.2. The van der Waals surface area contributed by atoms with Crippen molar-refractivity contribution in [2.75, 3.05) is 6.54 Å². The SMILES string of the molecule is NCCCCc1ncccc1[N+](=O)[O-]. The zero-order chi connectivity index (χ0) is 10.4. The number of nitro groups is 1. The second-order valence-electron chi connectivity index (χ2n) is 2.97. The fourth-order valence-corrected chi connectivity index (χ4v) is 1.23. The van der Waals surface area contributed by atoms with E-state index < -0.39 is 4.92 Å². The van der Waals surface area contributed by atoms with Gasteiger partial charge in [-0.1, -0.05) is 0 Å². The number of aryl methyl sites for hydroxylation is 1. The van der Waals surface area contributed by atoms with Gasteiger partial charge in [0, 0.05) is 12.3 Å². The molecule has 0 saturated carbocycles. The second kappa shape index (κ2) is 5.29. The highest BCUT2D eigenvalue weighted by Crippen LogP contribution is 2.16. The first-order valence-corrected chi connectivity index (χ1v) is 4.54. The van der Waals surface area contributed by atoms with Gasteiger partial charge in [-0.25, -0.2) is 0 Å². The van der Waals surface area contributed by atoms with Gasteiger partial charge in [0.15, 0.2) is 0 Å². The van der Waals surface area contributed by atoms with E-state index in [0.29, 0.717) is 18.7 Å². The Morgan fingerprint density at radius 1 is 1.50 bits per heavy atom. The van der Waals surface area contributed by atoms with Crippen LogP contribution in [0.5, 0.6) is 0 Å². The van der Waals surface area contributed by atoms with E-state index in [1.165, 1.54) is 6.07 Å². The second-order valence-corrected chi connectivity index (χ2v) is 2.97. The number of hydrogen-bond donors (Lipinski definition) is 1. The van der Waals surface area contributed by atoms with E-state index in [9.17, 15) is 10.1 Å². The summed E-state index contributed by atoms with van der Waals surface area (Å²) < 4.78 is 0. The Bertz CT molecular complexity index is 315. The lowest BCUT2D eigenvalue weighted by Crippen LogP contribution is -2.02. The summed E-state index contributed by atoms with van der Waals surface area (Å²) in [6, 6.07) is 3.05. The summed E-state index contributed by atoms with van der Waals surface area (Å²) in [5.74, 6) is 0. The molecule has 0 bridgehead atoms. The van der Waals surface area contributed by atoms with E-state index >= 15 is 0 Å². The van der Waals surface area contributed by atoms with Gasteiger partial charge in [0.1, 0.15) is 5.69 Å². The third-order valence-electron chi connectivity index (χ3n) is 1.93. The number of nitrogens with zero attached hydrogens (tertiary/aromatic N) is 2. The molecule has 0 aliphatic heterocycles. The van der Waals surface area contributed by atoms with Crippen LogP contribution in [0.15, 0.2) is 18.3 Å². The molecule has 0 saturated heterocycles. The molecule has 0 radical (unpaired) electrons.